The third-order valence-corrected chi connectivity index (χ3v) is 2.65. The molecule has 1 heteroatoms. The largest absolute Gasteiger partial charge is 0.392 e. The van der Waals surface area contributed by atoms with Gasteiger partial charge >= 0.3 is 0 Å². The van der Waals surface area contributed by atoms with Gasteiger partial charge in [-0.2, -0.15) is 0 Å². The summed E-state index contributed by atoms with van der Waals surface area (Å²) in [7, 11) is 0. The predicted octanol–water partition coefficient (Wildman–Crippen LogP) is 3.42. The van der Waals surface area contributed by atoms with Gasteiger partial charge < -0.3 is 5.11 Å². The quantitative estimate of drug-likeness (QED) is 0.782. The highest BCUT2D eigenvalue weighted by atomic mass is 16.3. The molecular formula is C14H20O. The summed E-state index contributed by atoms with van der Waals surface area (Å²) >= 11 is 0. The van der Waals surface area contributed by atoms with Gasteiger partial charge in [-0.25, -0.2) is 0 Å². The zero-order valence-corrected chi connectivity index (χ0v) is 10.0. The van der Waals surface area contributed by atoms with Crippen LogP contribution in [0.3, 0.4) is 0 Å². The van der Waals surface area contributed by atoms with Gasteiger partial charge in [0.05, 0.1) is 6.61 Å². The van der Waals surface area contributed by atoms with Crippen molar-refractivity contribution in [1.29, 1.82) is 0 Å². The number of aliphatic hydroxyl groups excluding tert-OH is 1. The Morgan fingerprint density at radius 2 is 1.87 bits per heavy atom. The van der Waals surface area contributed by atoms with Crippen molar-refractivity contribution in [3.63, 3.8) is 0 Å². The summed E-state index contributed by atoms with van der Waals surface area (Å²) in [5.74, 6) is 0. The summed E-state index contributed by atoms with van der Waals surface area (Å²) < 4.78 is 0. The third kappa shape index (κ3) is 3.21. The summed E-state index contributed by atoms with van der Waals surface area (Å²) in [5, 5.41) is 9.35. The van der Waals surface area contributed by atoms with Crippen molar-refractivity contribution in [2.75, 3.05) is 6.61 Å². The minimum Gasteiger partial charge on any atom is -0.392 e. The van der Waals surface area contributed by atoms with Crippen LogP contribution in [0.4, 0.5) is 0 Å². The van der Waals surface area contributed by atoms with E-state index in [0.717, 1.165) is 5.57 Å². The molecule has 1 rings (SSSR count). The number of hydrogen-bond donors (Lipinski definition) is 1. The molecule has 0 aromatic heterocycles. The normalized spacial score (nSPS) is 13.0. The van der Waals surface area contributed by atoms with Gasteiger partial charge in [0.25, 0.3) is 0 Å². The molecule has 0 fully saturated rings. The average Bonchev–Trinajstić information content (AvgIpc) is 2.14. The van der Waals surface area contributed by atoms with Crippen molar-refractivity contribution in [3.05, 3.63) is 41.0 Å². The molecule has 0 radical (unpaired) electrons. The molecule has 0 heterocycles. The zero-order chi connectivity index (χ0) is 11.5. The molecule has 1 nitrogen and oxygen atoms in total. The Kier molecular flexibility index (Phi) is 3.70. The van der Waals surface area contributed by atoms with Crippen LogP contribution in [0.2, 0.25) is 0 Å². The van der Waals surface area contributed by atoms with Gasteiger partial charge in [-0.05, 0) is 29.0 Å². The van der Waals surface area contributed by atoms with Crippen LogP contribution in [0, 0.1) is 12.3 Å². The molecule has 0 bridgehead atoms. The number of rotatable bonds is 2. The van der Waals surface area contributed by atoms with Gasteiger partial charge in [-0.3, -0.25) is 0 Å². The summed E-state index contributed by atoms with van der Waals surface area (Å²) in [6, 6.07) is 8.22. The second-order valence-corrected chi connectivity index (χ2v) is 4.93. The molecule has 0 aliphatic rings. The van der Waals surface area contributed by atoms with Gasteiger partial charge in [-0.15, -0.1) is 0 Å². The van der Waals surface area contributed by atoms with Crippen LogP contribution in [0.1, 0.15) is 31.9 Å². The number of aryl methyl sites for hydroxylation is 1. The first-order valence-electron chi connectivity index (χ1n) is 5.32. The van der Waals surface area contributed by atoms with Crippen molar-refractivity contribution < 1.29 is 5.11 Å². The Hall–Kier alpha value is -1.08. The molecule has 82 valence electrons. The number of aliphatic hydroxyl groups is 1. The van der Waals surface area contributed by atoms with Crippen LogP contribution in [0.15, 0.2) is 29.8 Å². The fourth-order valence-corrected chi connectivity index (χ4v) is 1.44. The standard InChI is InChI=1S/C14H20O/c1-11-7-5-6-8-12(11)9-13(10-15)14(2,3)4/h5-9,15H,10H2,1-4H3/b13-9+. The van der Waals surface area contributed by atoms with E-state index in [1.54, 1.807) is 0 Å². The molecule has 0 spiro atoms. The van der Waals surface area contributed by atoms with Crippen LogP contribution in [-0.2, 0) is 0 Å². The van der Waals surface area contributed by atoms with E-state index >= 15 is 0 Å². The minimum atomic E-state index is 0.0248. The van der Waals surface area contributed by atoms with E-state index in [1.807, 2.05) is 12.1 Å². The van der Waals surface area contributed by atoms with E-state index < -0.39 is 0 Å². The SMILES string of the molecule is Cc1ccccc1/C=C(\CO)C(C)(C)C. The fourth-order valence-electron chi connectivity index (χ4n) is 1.44. The lowest BCUT2D eigenvalue weighted by molar-refractivity contribution is 0.298. The van der Waals surface area contributed by atoms with Gasteiger partial charge in [0.15, 0.2) is 0 Å². The third-order valence-electron chi connectivity index (χ3n) is 2.65. The van der Waals surface area contributed by atoms with Crippen LogP contribution >= 0.6 is 0 Å². The fraction of sp³-hybridized carbons (Fsp3) is 0.429. The number of hydrogen-bond acceptors (Lipinski definition) is 1. The lowest BCUT2D eigenvalue weighted by Crippen LogP contribution is -2.12. The predicted molar refractivity (Wildman–Crippen MR) is 65.7 cm³/mol. The van der Waals surface area contributed by atoms with E-state index in [2.05, 4.69) is 45.9 Å². The molecule has 0 aliphatic heterocycles. The summed E-state index contributed by atoms with van der Waals surface area (Å²) in [6.45, 7) is 8.56. The molecule has 1 aromatic rings. The molecule has 0 unspecified atom stereocenters. The van der Waals surface area contributed by atoms with Crippen molar-refractivity contribution in [2.45, 2.75) is 27.7 Å². The zero-order valence-electron chi connectivity index (χ0n) is 10.0. The minimum absolute atomic E-state index is 0.0248. The first-order chi connectivity index (χ1) is 6.95. The maximum absolute atomic E-state index is 9.35. The maximum Gasteiger partial charge on any atom is 0.0650 e. The van der Waals surface area contributed by atoms with Gasteiger partial charge in [0.1, 0.15) is 0 Å². The number of benzene rings is 1. The Bertz CT molecular complexity index is 356. The Morgan fingerprint density at radius 1 is 1.27 bits per heavy atom. The molecule has 15 heavy (non-hydrogen) atoms. The highest BCUT2D eigenvalue weighted by Crippen LogP contribution is 2.27. The molecule has 0 atom stereocenters. The van der Waals surface area contributed by atoms with Gasteiger partial charge in [0, 0.05) is 0 Å². The monoisotopic (exact) mass is 204 g/mol. The summed E-state index contributed by atoms with van der Waals surface area (Å²) in [5.41, 5.74) is 3.53. The Balaban J connectivity index is 3.10. The van der Waals surface area contributed by atoms with Crippen LogP contribution in [0.5, 0.6) is 0 Å². The van der Waals surface area contributed by atoms with Crippen molar-refractivity contribution in [1.82, 2.24) is 0 Å². The smallest absolute Gasteiger partial charge is 0.0650 e. The molecule has 0 amide bonds. The molecule has 0 aliphatic carbocycles. The van der Waals surface area contributed by atoms with E-state index in [4.69, 9.17) is 0 Å². The highest BCUT2D eigenvalue weighted by Gasteiger charge is 2.15. The Labute approximate surface area is 92.5 Å². The van der Waals surface area contributed by atoms with Crippen molar-refractivity contribution in [2.24, 2.45) is 5.41 Å². The van der Waals surface area contributed by atoms with E-state index in [9.17, 15) is 5.11 Å². The molecule has 0 saturated carbocycles. The van der Waals surface area contributed by atoms with Gasteiger partial charge in [-0.1, -0.05) is 51.1 Å². The van der Waals surface area contributed by atoms with Crippen molar-refractivity contribution in [3.8, 4) is 0 Å². The average molecular weight is 204 g/mol. The van der Waals surface area contributed by atoms with Crippen LogP contribution < -0.4 is 0 Å². The van der Waals surface area contributed by atoms with Crippen LogP contribution in [0.25, 0.3) is 6.08 Å². The first-order valence-corrected chi connectivity index (χ1v) is 5.32. The van der Waals surface area contributed by atoms with Crippen molar-refractivity contribution >= 4 is 6.08 Å². The lowest BCUT2D eigenvalue weighted by atomic mass is 9.85. The molecular weight excluding hydrogens is 184 g/mol. The molecule has 0 saturated heterocycles. The van der Waals surface area contributed by atoms with E-state index in [-0.39, 0.29) is 12.0 Å². The summed E-state index contributed by atoms with van der Waals surface area (Å²) in [4.78, 5) is 0. The second-order valence-electron chi connectivity index (χ2n) is 4.93. The topological polar surface area (TPSA) is 20.2 Å². The first kappa shape index (κ1) is 12.0. The Morgan fingerprint density at radius 3 is 2.33 bits per heavy atom. The van der Waals surface area contributed by atoms with Gasteiger partial charge in [0.2, 0.25) is 0 Å². The second kappa shape index (κ2) is 4.63. The molecule has 1 N–H and O–H groups in total. The highest BCUT2D eigenvalue weighted by molar-refractivity contribution is 5.57. The van der Waals surface area contributed by atoms with Crippen LogP contribution in [-0.4, -0.2) is 11.7 Å². The van der Waals surface area contributed by atoms with E-state index in [0.29, 0.717) is 0 Å². The lowest BCUT2D eigenvalue weighted by Gasteiger charge is -2.21. The van der Waals surface area contributed by atoms with E-state index in [1.165, 1.54) is 11.1 Å². The molecule has 1 aromatic carbocycles. The summed E-state index contributed by atoms with van der Waals surface area (Å²) in [6.07, 6.45) is 2.09. The maximum atomic E-state index is 9.35.